The molecule has 35 heavy (non-hydrogen) atoms. The maximum atomic E-state index is 12.8. The van der Waals surface area contributed by atoms with Crippen LogP contribution in [-0.4, -0.2) is 55.5 Å². The fraction of sp³-hybridized carbons (Fsp3) is 0.444. The Balaban J connectivity index is 1.52. The van der Waals surface area contributed by atoms with E-state index in [9.17, 15) is 14.4 Å². The number of rotatable bonds is 13. The molecular formula is C27H34N2O6. The molecule has 0 fully saturated rings. The van der Waals surface area contributed by atoms with Crippen molar-refractivity contribution in [2.24, 2.45) is 0 Å². The van der Waals surface area contributed by atoms with Crippen molar-refractivity contribution in [2.75, 3.05) is 26.9 Å². The third kappa shape index (κ3) is 6.82. The normalized spacial score (nSPS) is 13.9. The lowest BCUT2D eigenvalue weighted by Gasteiger charge is -2.28. The summed E-state index contributed by atoms with van der Waals surface area (Å²) in [4.78, 5) is 36.1. The van der Waals surface area contributed by atoms with Gasteiger partial charge >= 0.3 is 12.1 Å². The van der Waals surface area contributed by atoms with Crippen LogP contribution in [0.5, 0.6) is 0 Å². The number of unbranched alkanes of at least 4 members (excludes halogenated alkanes) is 3. The Morgan fingerprint density at radius 1 is 0.943 bits per heavy atom. The largest absolute Gasteiger partial charge is 0.481 e. The summed E-state index contributed by atoms with van der Waals surface area (Å²) >= 11 is 0. The van der Waals surface area contributed by atoms with Crippen LogP contribution in [0.1, 0.15) is 56.1 Å². The highest BCUT2D eigenvalue weighted by Gasteiger charge is 2.36. The average molecular weight is 483 g/mol. The monoisotopic (exact) mass is 482 g/mol. The third-order valence-corrected chi connectivity index (χ3v) is 6.26. The van der Waals surface area contributed by atoms with Gasteiger partial charge in [0, 0.05) is 26.0 Å². The number of carbonyl (C=O) groups is 3. The molecule has 3 rings (SSSR count). The molecule has 1 aliphatic carbocycles. The van der Waals surface area contributed by atoms with Gasteiger partial charge in [-0.1, -0.05) is 61.4 Å². The Labute approximate surface area is 206 Å². The molecule has 2 aromatic carbocycles. The van der Waals surface area contributed by atoms with E-state index in [0.717, 1.165) is 41.5 Å². The van der Waals surface area contributed by atoms with Crippen LogP contribution in [0.25, 0.3) is 11.1 Å². The SMILES string of the molecule is COCC(C)(NC(=O)OCC1c2ccccc2-c2ccccc21)C(=O)NCCCCCCC(=O)O. The summed E-state index contributed by atoms with van der Waals surface area (Å²) in [6.45, 7) is 2.17. The molecule has 0 aromatic heterocycles. The second-order valence-corrected chi connectivity index (χ2v) is 9.03. The minimum atomic E-state index is -1.29. The van der Waals surface area contributed by atoms with Gasteiger partial charge < -0.3 is 25.2 Å². The molecule has 0 saturated carbocycles. The molecule has 0 aliphatic heterocycles. The lowest BCUT2D eigenvalue weighted by atomic mass is 9.98. The molecule has 0 spiro atoms. The Morgan fingerprint density at radius 2 is 1.54 bits per heavy atom. The predicted octanol–water partition coefficient (Wildman–Crippen LogP) is 4.08. The number of carboxylic acids is 1. The summed E-state index contributed by atoms with van der Waals surface area (Å²) in [7, 11) is 1.47. The Bertz CT molecular complexity index is 994. The Kier molecular flexibility index (Phi) is 9.25. The van der Waals surface area contributed by atoms with Crippen LogP contribution in [0.3, 0.4) is 0 Å². The van der Waals surface area contributed by atoms with Crippen LogP contribution in [0.2, 0.25) is 0 Å². The molecule has 1 aliphatic rings. The summed E-state index contributed by atoms with van der Waals surface area (Å²) < 4.78 is 10.8. The van der Waals surface area contributed by atoms with Crippen LogP contribution in [0.15, 0.2) is 48.5 Å². The molecule has 0 saturated heterocycles. The van der Waals surface area contributed by atoms with Gasteiger partial charge in [-0.3, -0.25) is 9.59 Å². The zero-order valence-electron chi connectivity index (χ0n) is 20.3. The second kappa shape index (κ2) is 12.4. The molecule has 0 radical (unpaired) electrons. The molecule has 1 atom stereocenters. The number of aliphatic carboxylic acids is 1. The summed E-state index contributed by atoms with van der Waals surface area (Å²) in [6.07, 6.45) is 2.41. The predicted molar refractivity (Wildman–Crippen MR) is 132 cm³/mol. The first-order chi connectivity index (χ1) is 16.9. The van der Waals surface area contributed by atoms with Gasteiger partial charge in [0.2, 0.25) is 5.91 Å². The number of hydrogen-bond donors (Lipinski definition) is 3. The van der Waals surface area contributed by atoms with Gasteiger partial charge in [-0.25, -0.2) is 4.79 Å². The fourth-order valence-corrected chi connectivity index (χ4v) is 4.46. The van der Waals surface area contributed by atoms with Crippen molar-refractivity contribution >= 4 is 18.0 Å². The van der Waals surface area contributed by atoms with Crippen molar-refractivity contribution in [1.29, 1.82) is 0 Å². The van der Waals surface area contributed by atoms with Gasteiger partial charge in [-0.05, 0) is 42.0 Å². The molecule has 2 aromatic rings. The first-order valence-electron chi connectivity index (χ1n) is 12.0. The van der Waals surface area contributed by atoms with Crippen molar-refractivity contribution in [3.05, 3.63) is 59.7 Å². The highest BCUT2D eigenvalue weighted by molar-refractivity contribution is 5.89. The summed E-state index contributed by atoms with van der Waals surface area (Å²) in [5.41, 5.74) is 3.22. The molecular weight excluding hydrogens is 448 g/mol. The van der Waals surface area contributed by atoms with Gasteiger partial charge in [0.25, 0.3) is 0 Å². The van der Waals surface area contributed by atoms with E-state index < -0.39 is 17.6 Å². The molecule has 1 unspecified atom stereocenters. The Hall–Kier alpha value is -3.39. The topological polar surface area (TPSA) is 114 Å². The van der Waals surface area contributed by atoms with E-state index in [-0.39, 0.29) is 31.5 Å². The first-order valence-corrected chi connectivity index (χ1v) is 12.0. The van der Waals surface area contributed by atoms with Crippen molar-refractivity contribution < 1.29 is 29.0 Å². The first kappa shape index (κ1) is 26.2. The lowest BCUT2D eigenvalue weighted by Crippen LogP contribution is -2.59. The zero-order chi connectivity index (χ0) is 25.3. The molecule has 188 valence electrons. The van der Waals surface area contributed by atoms with Crippen molar-refractivity contribution in [3.8, 4) is 11.1 Å². The van der Waals surface area contributed by atoms with E-state index in [1.54, 1.807) is 6.92 Å². The van der Waals surface area contributed by atoms with E-state index in [1.807, 2.05) is 36.4 Å². The molecule has 2 amide bonds. The van der Waals surface area contributed by atoms with Crippen molar-refractivity contribution in [2.45, 2.75) is 50.5 Å². The van der Waals surface area contributed by atoms with Crippen LogP contribution in [0, 0.1) is 0 Å². The highest BCUT2D eigenvalue weighted by Crippen LogP contribution is 2.44. The average Bonchev–Trinajstić information content (AvgIpc) is 3.15. The molecule has 8 nitrogen and oxygen atoms in total. The minimum absolute atomic E-state index is 0.0123. The quantitative estimate of drug-likeness (QED) is 0.371. The van der Waals surface area contributed by atoms with E-state index in [0.29, 0.717) is 13.0 Å². The van der Waals surface area contributed by atoms with E-state index in [1.165, 1.54) is 7.11 Å². The molecule has 3 N–H and O–H groups in total. The second-order valence-electron chi connectivity index (χ2n) is 9.03. The number of benzene rings is 2. The number of fused-ring (bicyclic) bond motifs is 3. The highest BCUT2D eigenvalue weighted by atomic mass is 16.5. The minimum Gasteiger partial charge on any atom is -0.481 e. The summed E-state index contributed by atoms with van der Waals surface area (Å²) in [6, 6.07) is 16.2. The van der Waals surface area contributed by atoms with Gasteiger partial charge in [-0.15, -0.1) is 0 Å². The zero-order valence-corrected chi connectivity index (χ0v) is 20.3. The smallest absolute Gasteiger partial charge is 0.408 e. The van der Waals surface area contributed by atoms with Gasteiger partial charge in [0.15, 0.2) is 0 Å². The van der Waals surface area contributed by atoms with Gasteiger partial charge in [-0.2, -0.15) is 0 Å². The van der Waals surface area contributed by atoms with Crippen LogP contribution < -0.4 is 10.6 Å². The summed E-state index contributed by atoms with van der Waals surface area (Å²) in [5, 5.41) is 14.2. The number of ether oxygens (including phenoxy) is 2. The Morgan fingerprint density at radius 3 is 2.14 bits per heavy atom. The number of nitrogens with one attached hydrogen (secondary N) is 2. The van der Waals surface area contributed by atoms with E-state index >= 15 is 0 Å². The third-order valence-electron chi connectivity index (χ3n) is 6.26. The van der Waals surface area contributed by atoms with Gasteiger partial charge in [0.1, 0.15) is 12.1 Å². The fourth-order valence-electron chi connectivity index (χ4n) is 4.46. The maximum Gasteiger partial charge on any atom is 0.408 e. The number of alkyl carbamates (subject to hydrolysis) is 1. The van der Waals surface area contributed by atoms with Crippen LogP contribution in [-0.2, 0) is 19.1 Å². The van der Waals surface area contributed by atoms with Crippen LogP contribution >= 0.6 is 0 Å². The van der Waals surface area contributed by atoms with Crippen molar-refractivity contribution in [1.82, 2.24) is 10.6 Å². The number of amides is 2. The van der Waals surface area contributed by atoms with Crippen molar-refractivity contribution in [3.63, 3.8) is 0 Å². The van der Waals surface area contributed by atoms with Gasteiger partial charge in [0.05, 0.1) is 6.61 Å². The van der Waals surface area contributed by atoms with E-state index in [4.69, 9.17) is 14.6 Å². The molecule has 8 heteroatoms. The number of carbonyl (C=O) groups excluding carboxylic acids is 2. The number of methoxy groups -OCH3 is 1. The lowest BCUT2D eigenvalue weighted by molar-refractivity contribution is -0.137. The number of carboxylic acid groups (broad SMARTS) is 1. The maximum absolute atomic E-state index is 12.8. The van der Waals surface area contributed by atoms with Crippen LogP contribution in [0.4, 0.5) is 4.79 Å². The number of hydrogen-bond acceptors (Lipinski definition) is 5. The van der Waals surface area contributed by atoms with E-state index in [2.05, 4.69) is 22.8 Å². The molecule has 0 heterocycles. The summed E-state index contributed by atoms with van der Waals surface area (Å²) in [5.74, 6) is -1.23. The standard InChI is InChI=1S/C27H34N2O6/c1-27(18-34-2,25(32)28-16-10-4-3-5-15-24(30)31)29-26(33)35-17-23-21-13-8-6-11-19(21)20-12-7-9-14-22(20)23/h6-9,11-14,23H,3-5,10,15-18H2,1-2H3,(H,28,32)(H,29,33)(H,30,31). The molecule has 0 bridgehead atoms.